The quantitative estimate of drug-likeness (QED) is 0.507. The van der Waals surface area contributed by atoms with Gasteiger partial charge in [-0.25, -0.2) is 9.37 Å². The summed E-state index contributed by atoms with van der Waals surface area (Å²) in [6.07, 6.45) is 3.11. The van der Waals surface area contributed by atoms with E-state index < -0.39 is 0 Å². The van der Waals surface area contributed by atoms with Crippen LogP contribution in [-0.2, 0) is 4.79 Å². The van der Waals surface area contributed by atoms with Crippen LogP contribution < -0.4 is 10.2 Å². The highest BCUT2D eigenvalue weighted by molar-refractivity contribution is 6.30. The number of pyridine rings is 1. The Morgan fingerprint density at radius 1 is 1.12 bits per heavy atom. The molecule has 162 valence electrons. The minimum atomic E-state index is -0.389. The van der Waals surface area contributed by atoms with Crippen LogP contribution in [0, 0.1) is 11.7 Å². The second-order valence-electron chi connectivity index (χ2n) is 7.60. The van der Waals surface area contributed by atoms with Crippen LogP contribution in [0.25, 0.3) is 17.0 Å². The van der Waals surface area contributed by atoms with Gasteiger partial charge in [0.15, 0.2) is 11.5 Å². The fourth-order valence-electron chi connectivity index (χ4n) is 3.84. The minimum absolute atomic E-state index is 0.0954. The lowest BCUT2D eigenvalue weighted by Gasteiger charge is -2.32. The second kappa shape index (κ2) is 8.51. The number of benzene rings is 1. The average molecular weight is 452 g/mol. The lowest BCUT2D eigenvalue weighted by Crippen LogP contribution is -2.41. The van der Waals surface area contributed by atoms with Gasteiger partial charge in [-0.1, -0.05) is 23.7 Å². The summed E-state index contributed by atoms with van der Waals surface area (Å²) in [6.45, 7) is 1.27. The minimum Gasteiger partial charge on any atom is -0.354 e. The van der Waals surface area contributed by atoms with Gasteiger partial charge in [0.1, 0.15) is 17.5 Å². The molecule has 5 rings (SSSR count). The Balaban J connectivity index is 1.37. The van der Waals surface area contributed by atoms with Crippen LogP contribution in [0.5, 0.6) is 0 Å². The smallest absolute Gasteiger partial charge is 0.230 e. The molecule has 1 saturated heterocycles. The van der Waals surface area contributed by atoms with Crippen molar-refractivity contribution in [3.8, 4) is 11.4 Å². The van der Waals surface area contributed by atoms with E-state index in [1.165, 1.54) is 16.8 Å². The van der Waals surface area contributed by atoms with E-state index in [1.54, 1.807) is 36.4 Å². The third-order valence-electron chi connectivity index (χ3n) is 5.46. The molecule has 0 radical (unpaired) electrons. The van der Waals surface area contributed by atoms with Crippen LogP contribution in [0.1, 0.15) is 12.8 Å². The van der Waals surface area contributed by atoms with Crippen LogP contribution in [0.4, 0.5) is 16.0 Å². The molecule has 0 saturated carbocycles. The van der Waals surface area contributed by atoms with Gasteiger partial charge in [-0.15, -0.1) is 15.3 Å². The summed E-state index contributed by atoms with van der Waals surface area (Å²) in [4.78, 5) is 19.0. The van der Waals surface area contributed by atoms with Crippen molar-refractivity contribution < 1.29 is 9.18 Å². The number of halogens is 2. The van der Waals surface area contributed by atoms with E-state index in [-0.39, 0.29) is 17.6 Å². The second-order valence-corrected chi connectivity index (χ2v) is 8.04. The number of aromatic nitrogens is 5. The number of piperidine rings is 1. The highest BCUT2D eigenvalue weighted by Crippen LogP contribution is 2.25. The molecular weight excluding hydrogens is 433 g/mol. The van der Waals surface area contributed by atoms with Crippen molar-refractivity contribution in [1.82, 2.24) is 24.8 Å². The molecule has 0 spiro atoms. The number of hydrogen-bond donors (Lipinski definition) is 1. The van der Waals surface area contributed by atoms with Gasteiger partial charge in [0.25, 0.3) is 0 Å². The van der Waals surface area contributed by atoms with Gasteiger partial charge in [0.05, 0.1) is 16.5 Å². The Kier molecular flexibility index (Phi) is 5.40. The van der Waals surface area contributed by atoms with Gasteiger partial charge in [-0.2, -0.15) is 4.52 Å². The molecule has 8 nitrogen and oxygen atoms in total. The maximum Gasteiger partial charge on any atom is 0.230 e. The maximum absolute atomic E-state index is 14.3. The predicted molar refractivity (Wildman–Crippen MR) is 119 cm³/mol. The number of nitrogens with one attached hydrogen (secondary N) is 1. The van der Waals surface area contributed by atoms with Crippen molar-refractivity contribution in [3.63, 3.8) is 0 Å². The van der Waals surface area contributed by atoms with Crippen LogP contribution in [-0.4, -0.2) is 43.8 Å². The highest BCUT2D eigenvalue weighted by Gasteiger charge is 2.27. The Morgan fingerprint density at radius 3 is 2.81 bits per heavy atom. The fraction of sp³-hybridized carbons (Fsp3) is 0.227. The van der Waals surface area contributed by atoms with Gasteiger partial charge in [-0.3, -0.25) is 4.79 Å². The van der Waals surface area contributed by atoms with Gasteiger partial charge in [-0.05, 0) is 49.2 Å². The molecule has 0 bridgehead atoms. The first-order chi connectivity index (χ1) is 15.6. The molecule has 1 fully saturated rings. The molecule has 10 heteroatoms. The van der Waals surface area contributed by atoms with Crippen molar-refractivity contribution in [1.29, 1.82) is 0 Å². The van der Waals surface area contributed by atoms with E-state index in [1.807, 2.05) is 11.0 Å². The molecule has 32 heavy (non-hydrogen) atoms. The molecule has 3 aromatic heterocycles. The number of carbonyl (C=O) groups is 1. The summed E-state index contributed by atoms with van der Waals surface area (Å²) < 4.78 is 15.8. The molecule has 0 aliphatic carbocycles. The van der Waals surface area contributed by atoms with Crippen LogP contribution in [0.15, 0.2) is 54.7 Å². The third-order valence-corrected chi connectivity index (χ3v) is 5.68. The molecule has 1 atom stereocenters. The first kappa shape index (κ1) is 20.3. The number of hydrogen-bond acceptors (Lipinski definition) is 6. The molecule has 4 aromatic rings. The Bertz CT molecular complexity index is 1280. The highest BCUT2D eigenvalue weighted by atomic mass is 35.5. The summed E-state index contributed by atoms with van der Waals surface area (Å²) in [5.74, 6) is 0.777. The van der Waals surface area contributed by atoms with Crippen LogP contribution in [0.3, 0.4) is 0 Å². The largest absolute Gasteiger partial charge is 0.354 e. The van der Waals surface area contributed by atoms with Gasteiger partial charge in [0.2, 0.25) is 5.91 Å². The van der Waals surface area contributed by atoms with E-state index in [0.717, 1.165) is 19.4 Å². The molecule has 1 N–H and O–H groups in total. The monoisotopic (exact) mass is 451 g/mol. The number of carbonyl (C=O) groups excluding carboxylic acids is 1. The third kappa shape index (κ3) is 3.99. The molecule has 4 heterocycles. The molecular formula is C22H19ClFN7O. The number of nitrogens with zero attached hydrogens (tertiary/aromatic N) is 6. The van der Waals surface area contributed by atoms with Crippen molar-refractivity contribution >= 4 is 34.8 Å². The van der Waals surface area contributed by atoms with E-state index >= 15 is 0 Å². The van der Waals surface area contributed by atoms with E-state index in [4.69, 9.17) is 11.6 Å². The summed E-state index contributed by atoms with van der Waals surface area (Å²) >= 11 is 5.86. The number of anilines is 2. The van der Waals surface area contributed by atoms with E-state index in [9.17, 15) is 9.18 Å². The first-order valence-corrected chi connectivity index (χ1v) is 10.6. The van der Waals surface area contributed by atoms with Gasteiger partial charge < -0.3 is 10.2 Å². The standard InChI is InChI=1S/C22H19ClFN7O/c23-15-7-8-18(25-12-15)26-22(32)14-4-3-11-30(13-14)20-10-9-19-27-28-21(31(19)29-20)16-5-1-2-6-17(16)24/h1-2,5-10,12,14H,3-4,11,13H2,(H,25,26,32). The summed E-state index contributed by atoms with van der Waals surface area (Å²) in [5, 5.41) is 16.2. The SMILES string of the molecule is O=C(Nc1ccc(Cl)cn1)C1CCCN(c2ccc3nnc(-c4ccccc4F)n3n2)C1. The van der Waals surface area contributed by atoms with Crippen molar-refractivity contribution in [2.45, 2.75) is 12.8 Å². The average Bonchev–Trinajstić information content (AvgIpc) is 3.24. The summed E-state index contributed by atoms with van der Waals surface area (Å²) in [6, 6.07) is 13.4. The van der Waals surface area contributed by atoms with Gasteiger partial charge in [0, 0.05) is 19.3 Å². The lowest BCUT2D eigenvalue weighted by atomic mass is 9.97. The zero-order chi connectivity index (χ0) is 22.1. The predicted octanol–water partition coefficient (Wildman–Crippen LogP) is 3.83. The normalized spacial score (nSPS) is 16.3. The van der Waals surface area contributed by atoms with Crippen LogP contribution >= 0.6 is 11.6 Å². The molecule has 1 aliphatic heterocycles. The van der Waals surface area contributed by atoms with Gasteiger partial charge >= 0.3 is 0 Å². The zero-order valence-corrected chi connectivity index (χ0v) is 17.7. The Labute approximate surface area is 188 Å². The Morgan fingerprint density at radius 2 is 2.00 bits per heavy atom. The Hall–Kier alpha value is -3.59. The number of amides is 1. The maximum atomic E-state index is 14.3. The molecule has 1 aliphatic rings. The topological polar surface area (TPSA) is 88.3 Å². The number of rotatable bonds is 4. The first-order valence-electron chi connectivity index (χ1n) is 10.2. The summed E-state index contributed by atoms with van der Waals surface area (Å²) in [7, 11) is 0. The number of fused-ring (bicyclic) bond motifs is 1. The molecule has 1 unspecified atom stereocenters. The zero-order valence-electron chi connectivity index (χ0n) is 16.9. The van der Waals surface area contributed by atoms with E-state index in [0.29, 0.717) is 40.2 Å². The lowest BCUT2D eigenvalue weighted by molar-refractivity contribution is -0.120. The fourth-order valence-corrected chi connectivity index (χ4v) is 3.95. The van der Waals surface area contributed by atoms with Crippen molar-refractivity contribution in [2.24, 2.45) is 5.92 Å². The van der Waals surface area contributed by atoms with E-state index in [2.05, 4.69) is 25.6 Å². The molecule has 1 amide bonds. The molecule has 1 aromatic carbocycles. The van der Waals surface area contributed by atoms with Crippen molar-refractivity contribution in [3.05, 3.63) is 65.6 Å². The summed E-state index contributed by atoms with van der Waals surface area (Å²) in [5.41, 5.74) is 0.850. The van der Waals surface area contributed by atoms with Crippen molar-refractivity contribution in [2.75, 3.05) is 23.3 Å². The van der Waals surface area contributed by atoms with Crippen LogP contribution in [0.2, 0.25) is 5.02 Å².